The Kier molecular flexibility index (Phi) is 7.38. The quantitative estimate of drug-likeness (QED) is 0.783. The second-order valence-corrected chi connectivity index (χ2v) is 7.39. The van der Waals surface area contributed by atoms with Gasteiger partial charge >= 0.3 is 6.18 Å². The minimum absolute atomic E-state index is 0.0421. The number of rotatable bonds is 6. The molecule has 6 heteroatoms. The Morgan fingerprint density at radius 3 is 2.67 bits per heavy atom. The zero-order chi connectivity index (χ0) is 17.6. The molecule has 0 bridgehead atoms. The number of nitrogens with one attached hydrogen (secondary N) is 1. The normalized spacial score (nSPS) is 29.4. The molecule has 2 aliphatic rings. The van der Waals surface area contributed by atoms with E-state index in [1.165, 1.54) is 12.8 Å². The Balaban J connectivity index is 1.80. The van der Waals surface area contributed by atoms with E-state index in [1.807, 2.05) is 0 Å². The predicted molar refractivity (Wildman–Crippen MR) is 88.6 cm³/mol. The van der Waals surface area contributed by atoms with Crippen LogP contribution in [0.1, 0.15) is 64.7 Å². The molecule has 2 rings (SSSR count). The standard InChI is InChI=1S/C18H31F3N2O/c1-2-3-10-23-11-5-4-9-16(23)13-22-17(24)14-7-6-8-15(12-14)18(19,20)21/h14-16H,2-13H2,1H3,(H,22,24). The number of unbranched alkanes of at least 4 members (excludes halogenated alkanes) is 1. The molecule has 1 amide bonds. The van der Waals surface area contributed by atoms with E-state index < -0.39 is 18.0 Å². The number of halogens is 3. The van der Waals surface area contributed by atoms with E-state index in [-0.39, 0.29) is 18.7 Å². The van der Waals surface area contributed by atoms with Crippen LogP contribution in [0, 0.1) is 11.8 Å². The Labute approximate surface area is 143 Å². The van der Waals surface area contributed by atoms with Crippen LogP contribution in [-0.4, -0.2) is 42.7 Å². The van der Waals surface area contributed by atoms with Gasteiger partial charge in [0.2, 0.25) is 5.91 Å². The van der Waals surface area contributed by atoms with Gasteiger partial charge in [0, 0.05) is 18.5 Å². The summed E-state index contributed by atoms with van der Waals surface area (Å²) in [4.78, 5) is 14.8. The molecule has 1 aliphatic carbocycles. The van der Waals surface area contributed by atoms with Gasteiger partial charge in [0.1, 0.15) is 0 Å². The molecule has 0 radical (unpaired) electrons. The second-order valence-electron chi connectivity index (χ2n) is 7.39. The number of nitrogens with zero attached hydrogens (tertiary/aromatic N) is 1. The summed E-state index contributed by atoms with van der Waals surface area (Å²) in [5.41, 5.74) is 0. The average Bonchev–Trinajstić information content (AvgIpc) is 2.58. The van der Waals surface area contributed by atoms with Gasteiger partial charge in [-0.3, -0.25) is 9.69 Å². The minimum atomic E-state index is -4.17. The lowest BCUT2D eigenvalue weighted by atomic mass is 9.80. The third-order valence-corrected chi connectivity index (χ3v) is 5.57. The summed E-state index contributed by atoms with van der Waals surface area (Å²) < 4.78 is 38.7. The van der Waals surface area contributed by atoms with E-state index in [4.69, 9.17) is 0 Å². The lowest BCUT2D eigenvalue weighted by Gasteiger charge is -2.36. The van der Waals surface area contributed by atoms with Crippen LogP contribution < -0.4 is 5.32 Å². The summed E-state index contributed by atoms with van der Waals surface area (Å²) in [7, 11) is 0. The Morgan fingerprint density at radius 2 is 1.96 bits per heavy atom. The van der Waals surface area contributed by atoms with Gasteiger partial charge in [0.25, 0.3) is 0 Å². The minimum Gasteiger partial charge on any atom is -0.354 e. The molecule has 1 saturated carbocycles. The fraction of sp³-hybridized carbons (Fsp3) is 0.944. The zero-order valence-corrected chi connectivity index (χ0v) is 14.7. The highest BCUT2D eigenvalue weighted by Crippen LogP contribution is 2.39. The van der Waals surface area contributed by atoms with Crippen LogP contribution in [0.2, 0.25) is 0 Å². The van der Waals surface area contributed by atoms with Crippen LogP contribution in [0.4, 0.5) is 13.2 Å². The maximum atomic E-state index is 12.9. The van der Waals surface area contributed by atoms with Crippen LogP contribution in [0.25, 0.3) is 0 Å². The largest absolute Gasteiger partial charge is 0.391 e. The van der Waals surface area contributed by atoms with Gasteiger partial charge in [-0.25, -0.2) is 0 Å². The second kappa shape index (κ2) is 9.07. The lowest BCUT2D eigenvalue weighted by molar-refractivity contribution is -0.186. The van der Waals surface area contributed by atoms with Gasteiger partial charge in [-0.2, -0.15) is 13.2 Å². The van der Waals surface area contributed by atoms with Gasteiger partial charge in [-0.1, -0.05) is 26.2 Å². The highest BCUT2D eigenvalue weighted by atomic mass is 19.4. The molecule has 2 fully saturated rings. The van der Waals surface area contributed by atoms with Gasteiger partial charge in [-0.15, -0.1) is 0 Å². The van der Waals surface area contributed by atoms with Crippen molar-refractivity contribution in [1.82, 2.24) is 10.2 Å². The van der Waals surface area contributed by atoms with Crippen LogP contribution in [0.3, 0.4) is 0 Å². The molecule has 1 heterocycles. The van der Waals surface area contributed by atoms with Gasteiger partial charge < -0.3 is 5.32 Å². The van der Waals surface area contributed by atoms with Crippen molar-refractivity contribution in [2.24, 2.45) is 11.8 Å². The van der Waals surface area contributed by atoms with E-state index >= 15 is 0 Å². The number of alkyl halides is 3. The molecule has 3 unspecified atom stereocenters. The molecule has 24 heavy (non-hydrogen) atoms. The van der Waals surface area contributed by atoms with Gasteiger partial charge in [0.15, 0.2) is 0 Å². The van der Waals surface area contributed by atoms with Crippen molar-refractivity contribution < 1.29 is 18.0 Å². The summed E-state index contributed by atoms with van der Waals surface area (Å²) in [6.45, 7) is 4.87. The topological polar surface area (TPSA) is 32.3 Å². The molecule has 140 valence electrons. The first-order chi connectivity index (χ1) is 11.4. The van der Waals surface area contributed by atoms with Crippen LogP contribution in [0.5, 0.6) is 0 Å². The third kappa shape index (κ3) is 5.64. The van der Waals surface area contributed by atoms with Crippen molar-refractivity contribution in [3.05, 3.63) is 0 Å². The maximum absolute atomic E-state index is 12.9. The highest BCUT2D eigenvalue weighted by Gasteiger charge is 2.43. The van der Waals surface area contributed by atoms with Crippen molar-refractivity contribution in [3.63, 3.8) is 0 Å². The van der Waals surface area contributed by atoms with Crippen LogP contribution in [0.15, 0.2) is 0 Å². The number of amides is 1. The molecule has 1 saturated heterocycles. The van der Waals surface area contributed by atoms with Crippen molar-refractivity contribution in [3.8, 4) is 0 Å². The smallest absolute Gasteiger partial charge is 0.354 e. The first-order valence-electron chi connectivity index (χ1n) is 9.50. The summed E-state index contributed by atoms with van der Waals surface area (Å²) >= 11 is 0. The van der Waals surface area contributed by atoms with E-state index in [0.717, 1.165) is 32.4 Å². The van der Waals surface area contributed by atoms with Crippen molar-refractivity contribution >= 4 is 5.91 Å². The van der Waals surface area contributed by atoms with Crippen molar-refractivity contribution in [2.75, 3.05) is 19.6 Å². The molecule has 0 spiro atoms. The monoisotopic (exact) mass is 348 g/mol. The summed E-state index contributed by atoms with van der Waals surface area (Å²) in [5, 5.41) is 2.95. The van der Waals surface area contributed by atoms with Crippen LogP contribution in [-0.2, 0) is 4.79 Å². The fourth-order valence-corrected chi connectivity index (χ4v) is 4.03. The van der Waals surface area contributed by atoms with E-state index in [2.05, 4.69) is 17.1 Å². The summed E-state index contributed by atoms with van der Waals surface area (Å²) in [6.07, 6.45) is 2.78. The predicted octanol–water partition coefficient (Wildman–Crippen LogP) is 4.13. The van der Waals surface area contributed by atoms with E-state index in [0.29, 0.717) is 25.4 Å². The summed E-state index contributed by atoms with van der Waals surface area (Å²) in [6, 6.07) is 0.344. The molecular formula is C18H31F3N2O. The number of hydrogen-bond donors (Lipinski definition) is 1. The van der Waals surface area contributed by atoms with E-state index in [9.17, 15) is 18.0 Å². The average molecular weight is 348 g/mol. The van der Waals surface area contributed by atoms with Gasteiger partial charge in [-0.05, 0) is 51.6 Å². The molecular weight excluding hydrogens is 317 g/mol. The maximum Gasteiger partial charge on any atom is 0.391 e. The van der Waals surface area contributed by atoms with Crippen LogP contribution >= 0.6 is 0 Å². The number of hydrogen-bond acceptors (Lipinski definition) is 2. The first-order valence-corrected chi connectivity index (χ1v) is 9.50. The molecule has 0 aromatic rings. The van der Waals surface area contributed by atoms with Crippen molar-refractivity contribution in [2.45, 2.75) is 76.9 Å². The highest BCUT2D eigenvalue weighted by molar-refractivity contribution is 5.78. The Bertz CT molecular complexity index is 400. The third-order valence-electron chi connectivity index (χ3n) is 5.57. The van der Waals surface area contributed by atoms with E-state index in [1.54, 1.807) is 0 Å². The van der Waals surface area contributed by atoms with Gasteiger partial charge in [0.05, 0.1) is 5.92 Å². The molecule has 1 N–H and O–H groups in total. The molecule has 1 aliphatic heterocycles. The number of carbonyl (C=O) groups excluding carboxylic acids is 1. The number of carbonyl (C=O) groups is 1. The summed E-state index contributed by atoms with van der Waals surface area (Å²) in [5.74, 6) is -1.96. The Hall–Kier alpha value is -0.780. The molecule has 3 atom stereocenters. The van der Waals surface area contributed by atoms with Crippen molar-refractivity contribution in [1.29, 1.82) is 0 Å². The first kappa shape index (κ1) is 19.5. The lowest BCUT2D eigenvalue weighted by Crippen LogP contribution is -2.48. The Morgan fingerprint density at radius 1 is 1.17 bits per heavy atom. The molecule has 0 aromatic heterocycles. The number of piperidine rings is 1. The molecule has 0 aromatic carbocycles. The number of likely N-dealkylation sites (tertiary alicyclic amines) is 1. The molecule has 3 nitrogen and oxygen atoms in total. The fourth-order valence-electron chi connectivity index (χ4n) is 4.03. The zero-order valence-electron chi connectivity index (χ0n) is 14.7. The SMILES string of the molecule is CCCCN1CCCCC1CNC(=O)C1CCCC(C(F)(F)F)C1.